The van der Waals surface area contributed by atoms with E-state index >= 15 is 0 Å². The third kappa shape index (κ3) is 1.85. The molecule has 0 aliphatic rings. The van der Waals surface area contributed by atoms with E-state index in [1.54, 1.807) is 0 Å². The Labute approximate surface area is 103 Å². The van der Waals surface area contributed by atoms with Crippen molar-refractivity contribution in [3.63, 3.8) is 0 Å². The van der Waals surface area contributed by atoms with E-state index in [-0.39, 0.29) is 0 Å². The first-order valence-corrected chi connectivity index (χ1v) is 6.02. The summed E-state index contributed by atoms with van der Waals surface area (Å²) < 4.78 is 1.08. The molecule has 0 atom stereocenters. The molecule has 3 nitrogen and oxygen atoms in total. The van der Waals surface area contributed by atoms with Crippen molar-refractivity contribution in [1.82, 2.24) is 10.2 Å². The van der Waals surface area contributed by atoms with Crippen LogP contribution >= 0.6 is 15.9 Å². The number of nitrogens with two attached hydrogens (primary N) is 1. The second-order valence-corrected chi connectivity index (χ2v) is 4.69. The molecule has 84 valence electrons. The van der Waals surface area contributed by atoms with E-state index in [2.05, 4.69) is 52.1 Å². The van der Waals surface area contributed by atoms with Gasteiger partial charge in [-0.25, -0.2) is 0 Å². The quantitative estimate of drug-likeness (QED) is 0.886. The number of aryl methyl sites for hydroxylation is 1. The first-order chi connectivity index (χ1) is 7.63. The van der Waals surface area contributed by atoms with Crippen LogP contribution in [0.25, 0.3) is 11.3 Å². The van der Waals surface area contributed by atoms with E-state index in [1.807, 2.05) is 6.07 Å². The minimum Gasteiger partial charge on any atom is -0.382 e. The number of benzene rings is 1. The van der Waals surface area contributed by atoms with Crippen LogP contribution in [-0.4, -0.2) is 10.2 Å². The van der Waals surface area contributed by atoms with Crippen molar-refractivity contribution in [1.29, 1.82) is 0 Å². The molecule has 1 aromatic heterocycles. The summed E-state index contributed by atoms with van der Waals surface area (Å²) in [6.45, 7) is 4.16. The van der Waals surface area contributed by atoms with Gasteiger partial charge in [0.25, 0.3) is 0 Å². The van der Waals surface area contributed by atoms with Crippen molar-refractivity contribution < 1.29 is 0 Å². The molecule has 4 heteroatoms. The van der Waals surface area contributed by atoms with Crippen LogP contribution in [0, 0.1) is 6.92 Å². The summed E-state index contributed by atoms with van der Waals surface area (Å²) in [5.41, 5.74) is 10.3. The predicted octanol–water partition coefficient (Wildman–Crippen LogP) is 3.29. The van der Waals surface area contributed by atoms with Crippen molar-refractivity contribution in [3.05, 3.63) is 33.8 Å². The lowest BCUT2D eigenvalue weighted by atomic mass is 10.0. The highest BCUT2D eigenvalue weighted by Gasteiger charge is 2.12. The van der Waals surface area contributed by atoms with Crippen LogP contribution in [0.2, 0.25) is 0 Å². The molecule has 0 radical (unpaired) electrons. The lowest BCUT2D eigenvalue weighted by molar-refractivity contribution is 1.10. The normalized spacial score (nSPS) is 10.7. The lowest BCUT2D eigenvalue weighted by Gasteiger charge is -2.06. The number of halogens is 1. The monoisotopic (exact) mass is 279 g/mol. The van der Waals surface area contributed by atoms with E-state index < -0.39 is 0 Å². The van der Waals surface area contributed by atoms with Crippen LogP contribution in [0.5, 0.6) is 0 Å². The minimum atomic E-state index is 0.597. The van der Waals surface area contributed by atoms with Gasteiger partial charge >= 0.3 is 0 Å². The largest absolute Gasteiger partial charge is 0.382 e. The van der Waals surface area contributed by atoms with Gasteiger partial charge < -0.3 is 5.73 Å². The lowest BCUT2D eigenvalue weighted by Crippen LogP contribution is -1.92. The molecule has 0 spiro atoms. The number of nitrogen functional groups attached to an aromatic ring is 1. The maximum atomic E-state index is 5.82. The summed E-state index contributed by atoms with van der Waals surface area (Å²) in [5.74, 6) is 0.597. The Hall–Kier alpha value is -1.29. The zero-order valence-electron chi connectivity index (χ0n) is 9.34. The number of nitrogens with one attached hydrogen (secondary N) is 1. The van der Waals surface area contributed by atoms with E-state index in [0.717, 1.165) is 27.7 Å². The van der Waals surface area contributed by atoms with Crippen molar-refractivity contribution in [2.24, 2.45) is 0 Å². The van der Waals surface area contributed by atoms with Crippen LogP contribution in [0.4, 0.5) is 5.82 Å². The van der Waals surface area contributed by atoms with Gasteiger partial charge in [0.1, 0.15) is 5.82 Å². The molecule has 0 unspecified atom stereocenters. The number of nitrogens with zero attached hydrogens (tertiary/aromatic N) is 1. The smallest absolute Gasteiger partial charge is 0.149 e. The topological polar surface area (TPSA) is 54.7 Å². The molecule has 0 fully saturated rings. The molecular weight excluding hydrogens is 266 g/mol. The molecular formula is C12H14BrN3. The number of aromatic nitrogens is 2. The minimum absolute atomic E-state index is 0.597. The molecule has 1 aromatic carbocycles. The fourth-order valence-electron chi connectivity index (χ4n) is 1.87. The maximum absolute atomic E-state index is 5.82. The molecule has 1 heterocycles. The molecule has 0 saturated heterocycles. The van der Waals surface area contributed by atoms with Gasteiger partial charge in [-0.3, -0.25) is 5.10 Å². The summed E-state index contributed by atoms with van der Waals surface area (Å²) in [5, 5.41) is 7.08. The second-order valence-electron chi connectivity index (χ2n) is 3.78. The highest BCUT2D eigenvalue weighted by atomic mass is 79.9. The first kappa shape index (κ1) is 11.2. The predicted molar refractivity (Wildman–Crippen MR) is 70.3 cm³/mol. The van der Waals surface area contributed by atoms with Crippen molar-refractivity contribution in [3.8, 4) is 11.3 Å². The average Bonchev–Trinajstić information content (AvgIpc) is 2.59. The van der Waals surface area contributed by atoms with Gasteiger partial charge in [-0.2, -0.15) is 5.10 Å². The average molecular weight is 280 g/mol. The SMILES string of the molecule is CCc1c(N)n[nH]c1-c1ccc(Br)cc1C. The van der Waals surface area contributed by atoms with Gasteiger partial charge in [0.15, 0.2) is 0 Å². The van der Waals surface area contributed by atoms with Crippen molar-refractivity contribution in [2.75, 3.05) is 5.73 Å². The number of aromatic amines is 1. The highest BCUT2D eigenvalue weighted by molar-refractivity contribution is 9.10. The van der Waals surface area contributed by atoms with Gasteiger partial charge in [-0.1, -0.05) is 28.9 Å². The fourth-order valence-corrected chi connectivity index (χ4v) is 2.34. The third-order valence-corrected chi connectivity index (χ3v) is 3.20. The van der Waals surface area contributed by atoms with Crippen molar-refractivity contribution >= 4 is 21.7 Å². The van der Waals surface area contributed by atoms with E-state index in [0.29, 0.717) is 5.82 Å². The Balaban J connectivity index is 2.58. The first-order valence-electron chi connectivity index (χ1n) is 5.22. The van der Waals surface area contributed by atoms with E-state index in [4.69, 9.17) is 5.73 Å². The summed E-state index contributed by atoms with van der Waals surface area (Å²) in [6.07, 6.45) is 0.882. The molecule has 0 bridgehead atoms. The number of hydrogen-bond acceptors (Lipinski definition) is 2. The van der Waals surface area contributed by atoms with Crippen LogP contribution in [0.3, 0.4) is 0 Å². The van der Waals surface area contributed by atoms with Crippen LogP contribution in [-0.2, 0) is 6.42 Å². The van der Waals surface area contributed by atoms with Gasteiger partial charge in [-0.05, 0) is 31.0 Å². The molecule has 2 rings (SSSR count). The Morgan fingerprint density at radius 2 is 2.19 bits per heavy atom. The Morgan fingerprint density at radius 3 is 2.81 bits per heavy atom. The number of H-pyrrole nitrogens is 1. The van der Waals surface area contributed by atoms with Crippen molar-refractivity contribution in [2.45, 2.75) is 20.3 Å². The van der Waals surface area contributed by atoms with E-state index in [1.165, 1.54) is 5.56 Å². The Bertz CT molecular complexity index is 517. The van der Waals surface area contributed by atoms with Gasteiger partial charge in [0.2, 0.25) is 0 Å². The molecule has 16 heavy (non-hydrogen) atoms. The highest BCUT2D eigenvalue weighted by Crippen LogP contribution is 2.29. The van der Waals surface area contributed by atoms with Gasteiger partial charge in [0, 0.05) is 15.6 Å². The Kier molecular flexibility index (Phi) is 3.01. The second kappa shape index (κ2) is 4.29. The standard InChI is InChI=1S/C12H14BrN3/c1-3-9-11(15-16-12(9)14)10-5-4-8(13)6-7(10)2/h4-6H,3H2,1-2H3,(H3,14,15,16). The summed E-state index contributed by atoms with van der Waals surface area (Å²) in [7, 11) is 0. The Morgan fingerprint density at radius 1 is 1.44 bits per heavy atom. The number of rotatable bonds is 2. The molecule has 2 aromatic rings. The summed E-state index contributed by atoms with van der Waals surface area (Å²) in [4.78, 5) is 0. The zero-order chi connectivity index (χ0) is 11.7. The molecule has 0 amide bonds. The molecule has 0 aliphatic heterocycles. The number of hydrogen-bond donors (Lipinski definition) is 2. The maximum Gasteiger partial charge on any atom is 0.149 e. The zero-order valence-corrected chi connectivity index (χ0v) is 10.9. The summed E-state index contributed by atoms with van der Waals surface area (Å²) in [6, 6.07) is 6.19. The molecule has 0 aliphatic carbocycles. The van der Waals surface area contributed by atoms with Gasteiger partial charge in [-0.15, -0.1) is 0 Å². The van der Waals surface area contributed by atoms with Gasteiger partial charge in [0.05, 0.1) is 5.69 Å². The van der Waals surface area contributed by atoms with Crippen LogP contribution in [0.15, 0.2) is 22.7 Å². The molecule has 0 saturated carbocycles. The number of anilines is 1. The summed E-state index contributed by atoms with van der Waals surface area (Å²) >= 11 is 3.46. The van der Waals surface area contributed by atoms with Crippen LogP contribution < -0.4 is 5.73 Å². The van der Waals surface area contributed by atoms with Crippen LogP contribution in [0.1, 0.15) is 18.1 Å². The van der Waals surface area contributed by atoms with E-state index in [9.17, 15) is 0 Å². The third-order valence-electron chi connectivity index (χ3n) is 2.71. The molecule has 3 N–H and O–H groups in total. The fraction of sp³-hybridized carbons (Fsp3) is 0.250.